The first-order valence-electron chi connectivity index (χ1n) is 13.9. The average molecular weight is 459 g/mol. The van der Waals surface area contributed by atoms with Crippen molar-refractivity contribution in [1.29, 1.82) is 0 Å². The molecule has 33 heavy (non-hydrogen) atoms. The van der Waals surface area contributed by atoms with Gasteiger partial charge >= 0.3 is 0 Å². The number of hydrogen-bond acceptors (Lipinski definition) is 3. The van der Waals surface area contributed by atoms with Gasteiger partial charge in [-0.05, 0) is 90.3 Å². The molecule has 5 aliphatic carbocycles. The summed E-state index contributed by atoms with van der Waals surface area (Å²) in [6.07, 6.45) is 8.37. The van der Waals surface area contributed by atoms with Gasteiger partial charge in [0.25, 0.3) is 0 Å². The van der Waals surface area contributed by atoms with Gasteiger partial charge in [0.2, 0.25) is 0 Å². The highest BCUT2D eigenvalue weighted by molar-refractivity contribution is 5.36. The summed E-state index contributed by atoms with van der Waals surface area (Å²) in [4.78, 5) is 0. The van der Waals surface area contributed by atoms with Crippen molar-refractivity contribution < 1.29 is 15.3 Å². The fraction of sp³-hybridized carbons (Fsp3) is 0.933. The van der Waals surface area contributed by atoms with E-state index in [9.17, 15) is 15.3 Å². The third kappa shape index (κ3) is 2.80. The monoisotopic (exact) mass is 458 g/mol. The minimum Gasteiger partial charge on any atom is -0.393 e. The van der Waals surface area contributed by atoms with E-state index in [1.165, 1.54) is 12.0 Å². The lowest BCUT2D eigenvalue weighted by Gasteiger charge is -2.72. The molecule has 5 aliphatic rings. The van der Waals surface area contributed by atoms with Gasteiger partial charge in [-0.15, -0.1) is 0 Å². The maximum Gasteiger partial charge on any atom is 0.0762 e. The van der Waals surface area contributed by atoms with Gasteiger partial charge < -0.3 is 15.3 Å². The van der Waals surface area contributed by atoms with Crippen LogP contribution in [0.5, 0.6) is 0 Å². The van der Waals surface area contributed by atoms with Crippen LogP contribution < -0.4 is 0 Å². The van der Waals surface area contributed by atoms with Gasteiger partial charge in [0.15, 0.2) is 0 Å². The van der Waals surface area contributed by atoms with E-state index in [1.807, 2.05) is 0 Å². The van der Waals surface area contributed by atoms with E-state index in [0.717, 1.165) is 38.5 Å². The summed E-state index contributed by atoms with van der Waals surface area (Å²) >= 11 is 0. The van der Waals surface area contributed by atoms with Crippen LogP contribution in [0.1, 0.15) is 100 Å². The molecule has 0 heterocycles. The van der Waals surface area contributed by atoms with Crippen molar-refractivity contribution in [2.45, 2.75) is 119 Å². The van der Waals surface area contributed by atoms with Gasteiger partial charge in [-0.2, -0.15) is 0 Å². The predicted molar refractivity (Wildman–Crippen MR) is 133 cm³/mol. The summed E-state index contributed by atoms with van der Waals surface area (Å²) in [6, 6.07) is 0. The molecule has 0 saturated heterocycles. The van der Waals surface area contributed by atoms with Crippen molar-refractivity contribution in [2.24, 2.45) is 56.7 Å². The molecule has 0 aromatic rings. The maximum absolute atomic E-state index is 12.0. The lowest BCUT2D eigenvalue weighted by atomic mass is 9.32. The maximum atomic E-state index is 12.0. The van der Waals surface area contributed by atoms with Crippen LogP contribution in [0.2, 0.25) is 0 Å². The minimum atomic E-state index is -0.444. The lowest BCUT2D eigenvalue weighted by molar-refractivity contribution is -0.234. The highest BCUT2D eigenvalue weighted by Crippen LogP contribution is 2.75. The molecule has 5 rings (SSSR count). The van der Waals surface area contributed by atoms with Crippen molar-refractivity contribution in [1.82, 2.24) is 0 Å². The Morgan fingerprint density at radius 1 is 0.788 bits per heavy atom. The fourth-order valence-corrected chi connectivity index (χ4v) is 11.0. The van der Waals surface area contributed by atoms with Gasteiger partial charge in [-0.3, -0.25) is 0 Å². The van der Waals surface area contributed by atoms with E-state index in [0.29, 0.717) is 23.7 Å². The summed E-state index contributed by atoms with van der Waals surface area (Å²) < 4.78 is 0. The summed E-state index contributed by atoms with van der Waals surface area (Å²) in [5, 5.41) is 34.6. The molecule has 3 N–H and O–H groups in total. The van der Waals surface area contributed by atoms with Crippen LogP contribution >= 0.6 is 0 Å². The summed E-state index contributed by atoms with van der Waals surface area (Å²) in [5.41, 5.74) is 1.10. The first-order valence-corrected chi connectivity index (χ1v) is 13.9. The Morgan fingerprint density at radius 3 is 2.09 bits per heavy atom. The molecule has 0 aromatic heterocycles. The standard InChI is InChI=1S/C30H50O3/c1-17-9-12-28(6)23(33)16-30(8)19(24(28)18(17)2)15-20(31)25-27(5)13-11-22(32)26(3,4)21(27)10-14-29(25,30)7/h15,17-18,20-25,31-33H,9-14,16H2,1-8H3. The summed E-state index contributed by atoms with van der Waals surface area (Å²) in [7, 11) is 0. The Hall–Kier alpha value is -0.380. The second kappa shape index (κ2) is 7.10. The van der Waals surface area contributed by atoms with Crippen LogP contribution in [0, 0.1) is 56.7 Å². The third-order valence-corrected chi connectivity index (χ3v) is 13.4. The highest BCUT2D eigenvalue weighted by atomic mass is 16.3. The third-order valence-electron chi connectivity index (χ3n) is 13.4. The molecule has 12 unspecified atom stereocenters. The second-order valence-electron chi connectivity index (χ2n) is 14.9. The number of allylic oxidation sites excluding steroid dienone is 1. The molecule has 0 radical (unpaired) electrons. The van der Waals surface area contributed by atoms with Crippen molar-refractivity contribution in [3.8, 4) is 0 Å². The molecule has 0 bridgehead atoms. The number of hydrogen-bond donors (Lipinski definition) is 3. The van der Waals surface area contributed by atoms with Crippen LogP contribution in [-0.2, 0) is 0 Å². The SMILES string of the molecule is CC1CCC2(C)C(O)CC3(C)C(=CC(O)C4C5(C)CCC(O)C(C)(C)C5CCC43C)C2C1C. The quantitative estimate of drug-likeness (QED) is 0.392. The van der Waals surface area contributed by atoms with Crippen molar-refractivity contribution in [2.75, 3.05) is 0 Å². The van der Waals surface area contributed by atoms with Crippen molar-refractivity contribution in [3.05, 3.63) is 11.6 Å². The first kappa shape index (κ1) is 24.3. The number of aliphatic hydroxyl groups is 3. The summed E-state index contributed by atoms with van der Waals surface area (Å²) in [6.45, 7) is 18.9. The van der Waals surface area contributed by atoms with Crippen LogP contribution in [0.25, 0.3) is 0 Å². The zero-order chi connectivity index (χ0) is 24.4. The first-order chi connectivity index (χ1) is 15.1. The van der Waals surface area contributed by atoms with E-state index in [1.54, 1.807) is 0 Å². The van der Waals surface area contributed by atoms with Gasteiger partial charge in [-0.25, -0.2) is 0 Å². The molecular weight excluding hydrogens is 408 g/mol. The van der Waals surface area contributed by atoms with E-state index in [4.69, 9.17) is 0 Å². The van der Waals surface area contributed by atoms with Crippen LogP contribution in [-0.4, -0.2) is 33.6 Å². The molecule has 12 atom stereocenters. The Bertz CT molecular complexity index is 847. The summed E-state index contributed by atoms with van der Waals surface area (Å²) in [5.74, 6) is 2.09. The molecule has 4 fully saturated rings. The minimum absolute atomic E-state index is 0.00262. The molecule has 0 amide bonds. The zero-order valence-corrected chi connectivity index (χ0v) is 22.5. The van der Waals surface area contributed by atoms with E-state index in [-0.39, 0.29) is 45.2 Å². The zero-order valence-electron chi connectivity index (χ0n) is 22.5. The Balaban J connectivity index is 1.66. The normalized spacial score (nSPS) is 60.0. The van der Waals surface area contributed by atoms with Gasteiger partial charge in [-0.1, -0.05) is 67.0 Å². The van der Waals surface area contributed by atoms with Crippen molar-refractivity contribution in [3.63, 3.8) is 0 Å². The van der Waals surface area contributed by atoms with E-state index >= 15 is 0 Å². The highest BCUT2D eigenvalue weighted by Gasteiger charge is 2.71. The molecule has 4 saturated carbocycles. The topological polar surface area (TPSA) is 60.7 Å². The van der Waals surface area contributed by atoms with E-state index < -0.39 is 6.10 Å². The van der Waals surface area contributed by atoms with Crippen LogP contribution in [0.15, 0.2) is 11.6 Å². The number of rotatable bonds is 0. The second-order valence-corrected chi connectivity index (χ2v) is 14.9. The molecule has 188 valence electrons. The average Bonchev–Trinajstić information content (AvgIpc) is 2.71. The molecule has 3 heteroatoms. The van der Waals surface area contributed by atoms with Gasteiger partial charge in [0.05, 0.1) is 18.3 Å². The van der Waals surface area contributed by atoms with E-state index in [2.05, 4.69) is 61.5 Å². The Kier molecular flexibility index (Phi) is 5.23. The molecule has 0 aromatic carbocycles. The lowest BCUT2D eigenvalue weighted by Crippen LogP contribution is -2.69. The number of aliphatic hydroxyl groups excluding tert-OH is 3. The molecule has 0 aliphatic heterocycles. The van der Waals surface area contributed by atoms with Crippen molar-refractivity contribution >= 4 is 0 Å². The Labute approximate surface area is 202 Å². The van der Waals surface area contributed by atoms with Gasteiger partial charge in [0.1, 0.15) is 0 Å². The molecule has 0 spiro atoms. The molecular formula is C30H50O3. The number of fused-ring (bicyclic) bond motifs is 7. The molecule has 3 nitrogen and oxygen atoms in total. The van der Waals surface area contributed by atoms with Gasteiger partial charge in [0, 0.05) is 11.3 Å². The largest absolute Gasteiger partial charge is 0.393 e. The fourth-order valence-electron chi connectivity index (χ4n) is 11.0. The van der Waals surface area contributed by atoms with Crippen LogP contribution in [0.3, 0.4) is 0 Å². The van der Waals surface area contributed by atoms with Crippen LogP contribution in [0.4, 0.5) is 0 Å². The predicted octanol–water partition coefficient (Wildman–Crippen LogP) is 5.97. The smallest absolute Gasteiger partial charge is 0.0762 e. The Morgan fingerprint density at radius 2 is 1.42 bits per heavy atom.